The van der Waals surface area contributed by atoms with E-state index in [0.717, 1.165) is 0 Å². The Kier molecular flexibility index (Phi) is 3.64. The minimum Gasteiger partial charge on any atom is -0.507 e. The molecule has 0 atom stereocenters. The second kappa shape index (κ2) is 4.79. The van der Waals surface area contributed by atoms with Gasteiger partial charge < -0.3 is 9.84 Å². The molecule has 0 bridgehead atoms. The second-order valence-electron chi connectivity index (χ2n) is 4.50. The van der Waals surface area contributed by atoms with Crippen LogP contribution in [0.3, 0.4) is 0 Å². The first-order valence-corrected chi connectivity index (χ1v) is 5.11. The highest BCUT2D eigenvalue weighted by Gasteiger charge is 2.16. The second-order valence-corrected chi connectivity index (χ2v) is 4.50. The number of carbonyl (C=O) groups is 1. The molecule has 0 aromatic heterocycles. The summed E-state index contributed by atoms with van der Waals surface area (Å²) in [6, 6.07) is 4.51. The van der Waals surface area contributed by atoms with Crippen molar-refractivity contribution in [2.24, 2.45) is 0 Å². The van der Waals surface area contributed by atoms with Crippen molar-refractivity contribution in [1.82, 2.24) is 0 Å². The van der Waals surface area contributed by atoms with Crippen molar-refractivity contribution < 1.29 is 14.6 Å². The number of nitrogens with one attached hydrogen (secondary N) is 1. The van der Waals surface area contributed by atoms with Gasteiger partial charge in [-0.2, -0.15) is 0 Å². The van der Waals surface area contributed by atoms with Gasteiger partial charge in [0.25, 0.3) is 0 Å². The van der Waals surface area contributed by atoms with Gasteiger partial charge in [0.2, 0.25) is 0 Å². The minimum atomic E-state index is -0.578. The molecule has 1 aromatic rings. The van der Waals surface area contributed by atoms with Crippen molar-refractivity contribution in [3.8, 4) is 18.1 Å². The van der Waals surface area contributed by atoms with Crippen molar-refractivity contribution in [3.63, 3.8) is 0 Å². The van der Waals surface area contributed by atoms with Crippen molar-refractivity contribution in [2.75, 3.05) is 5.32 Å². The molecule has 0 spiro atoms. The SMILES string of the molecule is C#Cc1ccc(NC(=O)OC(C)(C)C)cc1O. The minimum absolute atomic E-state index is 0.0546. The standard InChI is InChI=1S/C13H15NO3/c1-5-9-6-7-10(8-11(9)15)14-12(16)17-13(2,3)4/h1,6-8,15H,2-4H3,(H,14,16). The molecular formula is C13H15NO3. The van der Waals surface area contributed by atoms with E-state index in [0.29, 0.717) is 11.3 Å². The number of hydrogen-bond donors (Lipinski definition) is 2. The molecule has 1 rings (SSSR count). The van der Waals surface area contributed by atoms with Crippen LogP contribution in [0.25, 0.3) is 0 Å². The average molecular weight is 233 g/mol. The Morgan fingerprint density at radius 3 is 2.59 bits per heavy atom. The van der Waals surface area contributed by atoms with Gasteiger partial charge in [-0.05, 0) is 32.9 Å². The zero-order chi connectivity index (χ0) is 13.1. The maximum atomic E-state index is 11.4. The maximum absolute atomic E-state index is 11.4. The van der Waals surface area contributed by atoms with Crippen LogP contribution in [0.15, 0.2) is 18.2 Å². The van der Waals surface area contributed by atoms with Crippen LogP contribution in [0, 0.1) is 12.3 Å². The molecule has 90 valence electrons. The number of phenolic OH excluding ortho intramolecular Hbond substituents is 1. The summed E-state index contributed by atoms with van der Waals surface area (Å²) in [5.41, 5.74) is 0.237. The Morgan fingerprint density at radius 2 is 2.12 bits per heavy atom. The third-order valence-electron chi connectivity index (χ3n) is 1.80. The van der Waals surface area contributed by atoms with Gasteiger partial charge >= 0.3 is 6.09 Å². The number of carbonyl (C=O) groups excluding carboxylic acids is 1. The van der Waals surface area contributed by atoms with E-state index in [2.05, 4.69) is 11.2 Å². The third-order valence-corrected chi connectivity index (χ3v) is 1.80. The van der Waals surface area contributed by atoms with Crippen molar-refractivity contribution >= 4 is 11.8 Å². The molecule has 0 aliphatic heterocycles. The highest BCUT2D eigenvalue weighted by Crippen LogP contribution is 2.21. The average Bonchev–Trinajstić information content (AvgIpc) is 2.14. The molecule has 17 heavy (non-hydrogen) atoms. The number of aromatic hydroxyl groups is 1. The van der Waals surface area contributed by atoms with Crippen molar-refractivity contribution in [2.45, 2.75) is 26.4 Å². The van der Waals surface area contributed by atoms with Gasteiger partial charge in [0.05, 0.1) is 5.56 Å². The van der Waals surface area contributed by atoms with Crippen LogP contribution >= 0.6 is 0 Å². The fourth-order valence-electron chi connectivity index (χ4n) is 1.15. The highest BCUT2D eigenvalue weighted by molar-refractivity contribution is 5.85. The number of terminal acetylenes is 1. The van der Waals surface area contributed by atoms with Gasteiger partial charge in [-0.1, -0.05) is 5.92 Å². The summed E-state index contributed by atoms with van der Waals surface area (Å²) < 4.78 is 5.07. The summed E-state index contributed by atoms with van der Waals surface area (Å²) in [6.45, 7) is 5.31. The van der Waals surface area contributed by atoms with Crippen LogP contribution in [0.5, 0.6) is 5.75 Å². The largest absolute Gasteiger partial charge is 0.507 e. The molecule has 4 heteroatoms. The number of ether oxygens (including phenoxy) is 1. The predicted octanol–water partition coefficient (Wildman–Crippen LogP) is 2.72. The summed E-state index contributed by atoms with van der Waals surface area (Å²) in [7, 11) is 0. The third kappa shape index (κ3) is 4.07. The molecule has 0 fully saturated rings. The van der Waals surface area contributed by atoms with Crippen molar-refractivity contribution in [3.05, 3.63) is 23.8 Å². The Hall–Kier alpha value is -2.15. The Balaban J connectivity index is 2.74. The van der Waals surface area contributed by atoms with Crippen LogP contribution in [0.1, 0.15) is 26.3 Å². The predicted molar refractivity (Wildman–Crippen MR) is 65.9 cm³/mol. The maximum Gasteiger partial charge on any atom is 0.412 e. The monoisotopic (exact) mass is 233 g/mol. The van der Waals surface area contributed by atoms with Gasteiger partial charge in [0.15, 0.2) is 0 Å². The fourth-order valence-corrected chi connectivity index (χ4v) is 1.15. The molecule has 4 nitrogen and oxygen atoms in total. The van der Waals surface area contributed by atoms with E-state index in [9.17, 15) is 9.90 Å². The van der Waals surface area contributed by atoms with Crippen LogP contribution in [-0.4, -0.2) is 16.8 Å². The molecule has 0 aliphatic rings. The summed E-state index contributed by atoms with van der Waals surface area (Å²) in [5, 5.41) is 12.0. The van der Waals surface area contributed by atoms with Crippen LogP contribution in [0.4, 0.5) is 10.5 Å². The first-order valence-electron chi connectivity index (χ1n) is 5.11. The summed E-state index contributed by atoms with van der Waals surface area (Å²) >= 11 is 0. The van der Waals surface area contributed by atoms with E-state index in [1.165, 1.54) is 6.07 Å². The van der Waals surface area contributed by atoms with Gasteiger partial charge in [0.1, 0.15) is 11.4 Å². The van der Waals surface area contributed by atoms with E-state index < -0.39 is 11.7 Å². The number of phenols is 1. The number of hydrogen-bond acceptors (Lipinski definition) is 3. The molecule has 0 radical (unpaired) electrons. The van der Waals surface area contributed by atoms with E-state index in [1.807, 2.05) is 0 Å². The molecule has 0 unspecified atom stereocenters. The summed E-state index contributed by atoms with van der Waals surface area (Å²) in [6.07, 6.45) is 4.58. The number of amides is 1. The molecule has 0 aliphatic carbocycles. The lowest BCUT2D eigenvalue weighted by atomic mass is 10.2. The van der Waals surface area contributed by atoms with Crippen LogP contribution < -0.4 is 5.32 Å². The first-order chi connectivity index (χ1) is 7.81. The van der Waals surface area contributed by atoms with E-state index in [1.54, 1.807) is 32.9 Å². The zero-order valence-electron chi connectivity index (χ0n) is 10.1. The molecule has 1 amide bonds. The van der Waals surface area contributed by atoms with Crippen LogP contribution in [-0.2, 0) is 4.74 Å². The Bertz CT molecular complexity index is 467. The van der Waals surface area contributed by atoms with Crippen molar-refractivity contribution in [1.29, 1.82) is 0 Å². The number of anilines is 1. The Labute approximate surface area is 101 Å². The normalized spacial score (nSPS) is 10.5. The molecule has 0 heterocycles. The first kappa shape index (κ1) is 12.9. The molecule has 1 aromatic carbocycles. The van der Waals surface area contributed by atoms with Gasteiger partial charge in [-0.3, -0.25) is 5.32 Å². The van der Waals surface area contributed by atoms with E-state index >= 15 is 0 Å². The molecule has 0 saturated carbocycles. The van der Waals surface area contributed by atoms with Gasteiger partial charge in [-0.25, -0.2) is 4.79 Å². The van der Waals surface area contributed by atoms with Gasteiger partial charge in [-0.15, -0.1) is 6.42 Å². The quantitative estimate of drug-likeness (QED) is 0.733. The smallest absolute Gasteiger partial charge is 0.412 e. The van der Waals surface area contributed by atoms with Gasteiger partial charge in [0, 0.05) is 11.8 Å². The summed E-state index contributed by atoms with van der Waals surface area (Å²) in [4.78, 5) is 11.4. The number of benzene rings is 1. The topological polar surface area (TPSA) is 58.6 Å². The molecule has 2 N–H and O–H groups in total. The fraction of sp³-hybridized carbons (Fsp3) is 0.308. The zero-order valence-corrected chi connectivity index (χ0v) is 10.1. The lowest BCUT2D eigenvalue weighted by molar-refractivity contribution is 0.0636. The lowest BCUT2D eigenvalue weighted by Gasteiger charge is -2.19. The highest BCUT2D eigenvalue weighted by atomic mass is 16.6. The molecular weight excluding hydrogens is 218 g/mol. The summed E-state index contributed by atoms with van der Waals surface area (Å²) in [5.74, 6) is 2.27. The van der Waals surface area contributed by atoms with Crippen LogP contribution in [0.2, 0.25) is 0 Å². The Morgan fingerprint density at radius 1 is 1.47 bits per heavy atom. The molecule has 0 saturated heterocycles. The van der Waals surface area contributed by atoms with E-state index in [4.69, 9.17) is 11.2 Å². The number of rotatable bonds is 1. The van der Waals surface area contributed by atoms with E-state index in [-0.39, 0.29) is 5.75 Å². The lowest BCUT2D eigenvalue weighted by Crippen LogP contribution is -2.27.